The zero-order valence-electron chi connectivity index (χ0n) is 6.96. The van der Waals surface area contributed by atoms with Crippen LogP contribution in [0.2, 0.25) is 0 Å². The van der Waals surface area contributed by atoms with Crippen molar-refractivity contribution in [1.29, 1.82) is 0 Å². The minimum atomic E-state index is 0.702. The largest absolute Gasteiger partial charge is 0.493 e. The van der Waals surface area contributed by atoms with E-state index in [1.54, 1.807) is 7.11 Å². The molecule has 0 aliphatic carbocycles. The van der Waals surface area contributed by atoms with Gasteiger partial charge in [-0.1, -0.05) is 6.07 Å². The van der Waals surface area contributed by atoms with Crippen LogP contribution < -0.4 is 14.8 Å². The molecule has 0 spiro atoms. The second-order valence-corrected chi connectivity index (χ2v) is 2.61. The molecule has 2 rings (SSSR count). The lowest BCUT2D eigenvalue weighted by molar-refractivity contribution is 0.298. The lowest BCUT2D eigenvalue weighted by Crippen LogP contribution is -2.18. The second kappa shape index (κ2) is 2.93. The summed E-state index contributed by atoms with van der Waals surface area (Å²) in [5, 5.41) is 3.23. The fourth-order valence-electron chi connectivity index (χ4n) is 1.30. The van der Waals surface area contributed by atoms with E-state index in [-0.39, 0.29) is 0 Å². The first-order chi connectivity index (χ1) is 5.92. The number of anilines is 1. The first kappa shape index (κ1) is 7.28. The molecule has 0 amide bonds. The highest BCUT2D eigenvalue weighted by Gasteiger charge is 2.13. The standard InChI is InChI=1S/C9H11NO2/c1-11-8-4-2-3-7-9(8)12-6-5-10-7/h2-4,10H,5-6H2,1H3. The van der Waals surface area contributed by atoms with Gasteiger partial charge in [0.25, 0.3) is 0 Å². The predicted molar refractivity (Wildman–Crippen MR) is 47.0 cm³/mol. The van der Waals surface area contributed by atoms with E-state index in [0.717, 1.165) is 23.7 Å². The normalized spacial score (nSPS) is 14.1. The van der Waals surface area contributed by atoms with E-state index in [0.29, 0.717) is 6.61 Å². The number of hydrogen-bond acceptors (Lipinski definition) is 3. The quantitative estimate of drug-likeness (QED) is 0.684. The summed E-state index contributed by atoms with van der Waals surface area (Å²) in [6, 6.07) is 5.82. The molecule has 0 saturated heterocycles. The molecule has 0 radical (unpaired) electrons. The monoisotopic (exact) mass is 165 g/mol. The Hall–Kier alpha value is -1.38. The number of methoxy groups -OCH3 is 1. The van der Waals surface area contributed by atoms with Crippen LogP contribution in [0.4, 0.5) is 5.69 Å². The molecule has 64 valence electrons. The Morgan fingerprint density at radius 3 is 3.25 bits per heavy atom. The summed E-state index contributed by atoms with van der Waals surface area (Å²) in [6.45, 7) is 1.56. The topological polar surface area (TPSA) is 30.5 Å². The van der Waals surface area contributed by atoms with E-state index in [1.165, 1.54) is 0 Å². The summed E-state index contributed by atoms with van der Waals surface area (Å²) in [7, 11) is 1.65. The van der Waals surface area contributed by atoms with Crippen molar-refractivity contribution in [2.75, 3.05) is 25.6 Å². The third-order valence-electron chi connectivity index (χ3n) is 1.86. The van der Waals surface area contributed by atoms with Crippen molar-refractivity contribution in [3.8, 4) is 11.5 Å². The fraction of sp³-hybridized carbons (Fsp3) is 0.333. The lowest BCUT2D eigenvalue weighted by Gasteiger charge is -2.20. The van der Waals surface area contributed by atoms with Gasteiger partial charge in [-0.05, 0) is 12.1 Å². The molecule has 0 aromatic heterocycles. The Labute approximate surface area is 71.3 Å². The van der Waals surface area contributed by atoms with Gasteiger partial charge in [0.15, 0.2) is 11.5 Å². The van der Waals surface area contributed by atoms with Crippen LogP contribution in [-0.2, 0) is 0 Å². The van der Waals surface area contributed by atoms with Crippen molar-refractivity contribution >= 4 is 5.69 Å². The zero-order chi connectivity index (χ0) is 8.39. The van der Waals surface area contributed by atoms with Crippen molar-refractivity contribution in [3.05, 3.63) is 18.2 Å². The molecule has 12 heavy (non-hydrogen) atoms. The molecule has 0 fully saturated rings. The van der Waals surface area contributed by atoms with E-state index in [1.807, 2.05) is 18.2 Å². The molecular weight excluding hydrogens is 154 g/mol. The van der Waals surface area contributed by atoms with Crippen molar-refractivity contribution in [2.45, 2.75) is 0 Å². The van der Waals surface area contributed by atoms with E-state index in [4.69, 9.17) is 9.47 Å². The number of rotatable bonds is 1. The molecule has 0 atom stereocenters. The molecule has 1 aromatic carbocycles. The molecule has 1 heterocycles. The third kappa shape index (κ3) is 1.07. The van der Waals surface area contributed by atoms with Crippen LogP contribution in [0.15, 0.2) is 18.2 Å². The summed E-state index contributed by atoms with van der Waals surface area (Å²) >= 11 is 0. The van der Waals surface area contributed by atoms with Gasteiger partial charge in [0.2, 0.25) is 0 Å². The van der Waals surface area contributed by atoms with Gasteiger partial charge in [0.05, 0.1) is 12.8 Å². The molecule has 3 nitrogen and oxygen atoms in total. The molecular formula is C9H11NO2. The van der Waals surface area contributed by atoms with Gasteiger partial charge in [0.1, 0.15) is 6.61 Å². The number of ether oxygens (including phenoxy) is 2. The van der Waals surface area contributed by atoms with Gasteiger partial charge in [-0.15, -0.1) is 0 Å². The molecule has 0 saturated carbocycles. The molecule has 1 aliphatic heterocycles. The van der Waals surface area contributed by atoms with E-state index < -0.39 is 0 Å². The smallest absolute Gasteiger partial charge is 0.184 e. The molecule has 0 unspecified atom stereocenters. The van der Waals surface area contributed by atoms with Gasteiger partial charge in [0, 0.05) is 6.54 Å². The zero-order valence-corrected chi connectivity index (χ0v) is 6.96. The van der Waals surface area contributed by atoms with E-state index in [2.05, 4.69) is 5.32 Å². The van der Waals surface area contributed by atoms with Crippen LogP contribution in [-0.4, -0.2) is 20.3 Å². The number of fused-ring (bicyclic) bond motifs is 1. The first-order valence-electron chi connectivity index (χ1n) is 3.95. The van der Waals surface area contributed by atoms with E-state index >= 15 is 0 Å². The Bertz CT molecular complexity index is 272. The summed E-state index contributed by atoms with van der Waals surface area (Å²) < 4.78 is 10.6. The minimum Gasteiger partial charge on any atom is -0.493 e. The Balaban J connectivity index is 2.44. The molecule has 1 N–H and O–H groups in total. The summed E-state index contributed by atoms with van der Waals surface area (Å²) in [6.07, 6.45) is 0. The Kier molecular flexibility index (Phi) is 1.78. The number of hydrogen-bond donors (Lipinski definition) is 1. The fourth-order valence-corrected chi connectivity index (χ4v) is 1.30. The molecule has 3 heteroatoms. The molecule has 1 aromatic rings. The van der Waals surface area contributed by atoms with Crippen LogP contribution in [0.25, 0.3) is 0 Å². The summed E-state index contributed by atoms with van der Waals surface area (Å²) in [4.78, 5) is 0. The molecule has 0 bridgehead atoms. The first-order valence-corrected chi connectivity index (χ1v) is 3.95. The molecule has 1 aliphatic rings. The van der Waals surface area contributed by atoms with Crippen molar-refractivity contribution in [1.82, 2.24) is 0 Å². The third-order valence-corrected chi connectivity index (χ3v) is 1.86. The van der Waals surface area contributed by atoms with Gasteiger partial charge in [-0.2, -0.15) is 0 Å². The van der Waals surface area contributed by atoms with Gasteiger partial charge in [-0.25, -0.2) is 0 Å². The van der Waals surface area contributed by atoms with Crippen LogP contribution in [0.3, 0.4) is 0 Å². The van der Waals surface area contributed by atoms with Crippen molar-refractivity contribution < 1.29 is 9.47 Å². The number of para-hydroxylation sites is 1. The van der Waals surface area contributed by atoms with Crippen LogP contribution >= 0.6 is 0 Å². The average Bonchev–Trinajstić information content (AvgIpc) is 2.17. The van der Waals surface area contributed by atoms with Crippen LogP contribution in [0.5, 0.6) is 11.5 Å². The number of nitrogens with one attached hydrogen (secondary N) is 1. The average molecular weight is 165 g/mol. The number of benzene rings is 1. The Morgan fingerprint density at radius 1 is 1.50 bits per heavy atom. The summed E-state index contributed by atoms with van der Waals surface area (Å²) in [5.41, 5.74) is 1.01. The maximum atomic E-state index is 5.46. The SMILES string of the molecule is COc1cccc2c1OCCN2. The van der Waals surface area contributed by atoms with E-state index in [9.17, 15) is 0 Å². The summed E-state index contributed by atoms with van der Waals surface area (Å²) in [5.74, 6) is 1.62. The minimum absolute atomic E-state index is 0.702. The maximum absolute atomic E-state index is 5.46. The van der Waals surface area contributed by atoms with Gasteiger partial charge < -0.3 is 14.8 Å². The highest BCUT2D eigenvalue weighted by Crippen LogP contribution is 2.36. The highest BCUT2D eigenvalue weighted by molar-refractivity contribution is 5.64. The predicted octanol–water partition coefficient (Wildman–Crippen LogP) is 1.50. The lowest BCUT2D eigenvalue weighted by atomic mass is 10.2. The van der Waals surface area contributed by atoms with Crippen LogP contribution in [0, 0.1) is 0 Å². The van der Waals surface area contributed by atoms with Gasteiger partial charge in [-0.3, -0.25) is 0 Å². The highest BCUT2D eigenvalue weighted by atomic mass is 16.5. The van der Waals surface area contributed by atoms with Gasteiger partial charge >= 0.3 is 0 Å². The van der Waals surface area contributed by atoms with Crippen molar-refractivity contribution in [3.63, 3.8) is 0 Å². The Morgan fingerprint density at radius 2 is 2.42 bits per heavy atom. The van der Waals surface area contributed by atoms with Crippen LogP contribution in [0.1, 0.15) is 0 Å². The van der Waals surface area contributed by atoms with Crippen molar-refractivity contribution in [2.24, 2.45) is 0 Å². The maximum Gasteiger partial charge on any atom is 0.184 e. The second-order valence-electron chi connectivity index (χ2n) is 2.61.